The van der Waals surface area contributed by atoms with Crippen LogP contribution in [0.15, 0.2) is 0 Å². The lowest BCUT2D eigenvalue weighted by Crippen LogP contribution is -2.49. The minimum Gasteiger partial charge on any atom is -0.294 e. The van der Waals surface area contributed by atoms with Crippen molar-refractivity contribution in [3.05, 3.63) is 0 Å². The molecule has 1 rings (SSSR count). The maximum absolute atomic E-state index is 12.9. The van der Waals surface area contributed by atoms with E-state index in [1.165, 1.54) is 0 Å². The molecule has 17 heavy (non-hydrogen) atoms. The molecule has 2 unspecified atom stereocenters. The third-order valence-electron chi connectivity index (χ3n) is 3.63. The van der Waals surface area contributed by atoms with Gasteiger partial charge in [0.2, 0.25) is 0 Å². The highest BCUT2D eigenvalue weighted by Gasteiger charge is 2.52. The molecule has 0 amide bonds. The highest BCUT2D eigenvalue weighted by molar-refractivity contribution is 4.98. The molecule has 1 aliphatic rings. The fourth-order valence-corrected chi connectivity index (χ4v) is 2.64. The molecule has 0 radical (unpaired) electrons. The lowest BCUT2D eigenvalue weighted by Gasteiger charge is -2.43. The van der Waals surface area contributed by atoms with E-state index in [0.717, 1.165) is 0 Å². The summed E-state index contributed by atoms with van der Waals surface area (Å²) in [4.78, 5) is 2.02. The standard InChI is InChI=1S/C13H24F3N/c1-11(2,3)10-7-9(13(14,15)16)8-17(10)12(4,5)6/h9-10H,7-8H2,1-6H3. The first kappa shape index (κ1) is 14.8. The number of halogens is 3. The van der Waals surface area contributed by atoms with Crippen LogP contribution in [0.3, 0.4) is 0 Å². The van der Waals surface area contributed by atoms with Gasteiger partial charge in [-0.25, -0.2) is 0 Å². The van der Waals surface area contributed by atoms with Crippen molar-refractivity contribution in [1.29, 1.82) is 0 Å². The van der Waals surface area contributed by atoms with Gasteiger partial charge in [-0.15, -0.1) is 0 Å². The van der Waals surface area contributed by atoms with Crippen LogP contribution < -0.4 is 0 Å². The molecule has 0 aromatic rings. The van der Waals surface area contributed by atoms with Gasteiger partial charge in [0.15, 0.2) is 0 Å². The predicted molar refractivity (Wildman–Crippen MR) is 63.9 cm³/mol. The van der Waals surface area contributed by atoms with Crippen LogP contribution in [0, 0.1) is 11.3 Å². The second-order valence-electron chi connectivity index (χ2n) is 7.18. The van der Waals surface area contributed by atoms with Crippen molar-refractivity contribution in [2.24, 2.45) is 11.3 Å². The molecule has 2 atom stereocenters. The van der Waals surface area contributed by atoms with Crippen molar-refractivity contribution in [1.82, 2.24) is 4.90 Å². The van der Waals surface area contributed by atoms with E-state index in [9.17, 15) is 13.2 Å². The molecular formula is C13H24F3N. The average molecular weight is 251 g/mol. The number of alkyl halides is 3. The van der Waals surface area contributed by atoms with Gasteiger partial charge in [0.1, 0.15) is 0 Å². The van der Waals surface area contributed by atoms with E-state index in [2.05, 4.69) is 0 Å². The second-order valence-corrected chi connectivity index (χ2v) is 7.18. The summed E-state index contributed by atoms with van der Waals surface area (Å²) in [6.07, 6.45) is -3.84. The third-order valence-corrected chi connectivity index (χ3v) is 3.63. The van der Waals surface area contributed by atoms with E-state index in [0.29, 0.717) is 0 Å². The number of nitrogens with zero attached hydrogens (tertiary/aromatic N) is 1. The molecule has 0 spiro atoms. The van der Waals surface area contributed by atoms with Crippen LogP contribution in [0.2, 0.25) is 0 Å². The van der Waals surface area contributed by atoms with Gasteiger partial charge in [-0.2, -0.15) is 13.2 Å². The molecule has 1 saturated heterocycles. The van der Waals surface area contributed by atoms with Crippen molar-refractivity contribution in [2.45, 2.75) is 65.7 Å². The van der Waals surface area contributed by atoms with Gasteiger partial charge < -0.3 is 0 Å². The number of hydrogen-bond donors (Lipinski definition) is 0. The summed E-state index contributed by atoms with van der Waals surface area (Å²) in [7, 11) is 0. The first-order valence-electron chi connectivity index (χ1n) is 6.17. The SMILES string of the molecule is CC(C)(C)C1CC(C(F)(F)F)CN1C(C)(C)C. The van der Waals surface area contributed by atoms with Crippen LogP contribution in [0.25, 0.3) is 0 Å². The fourth-order valence-electron chi connectivity index (χ4n) is 2.64. The summed E-state index contributed by atoms with van der Waals surface area (Å²) in [5.41, 5.74) is -0.328. The van der Waals surface area contributed by atoms with Gasteiger partial charge >= 0.3 is 6.18 Å². The van der Waals surface area contributed by atoms with Crippen molar-refractivity contribution in [2.75, 3.05) is 6.54 Å². The number of hydrogen-bond acceptors (Lipinski definition) is 1. The van der Waals surface area contributed by atoms with Crippen LogP contribution in [-0.2, 0) is 0 Å². The summed E-state index contributed by atoms with van der Waals surface area (Å²) < 4.78 is 38.6. The topological polar surface area (TPSA) is 3.24 Å². The Balaban J connectivity index is 2.96. The smallest absolute Gasteiger partial charge is 0.294 e. The molecule has 0 N–H and O–H groups in total. The van der Waals surface area contributed by atoms with E-state index in [1.807, 2.05) is 46.4 Å². The van der Waals surface area contributed by atoms with Crippen molar-refractivity contribution in [3.8, 4) is 0 Å². The Morgan fingerprint density at radius 3 is 1.65 bits per heavy atom. The Morgan fingerprint density at radius 1 is 0.941 bits per heavy atom. The van der Waals surface area contributed by atoms with Crippen LogP contribution in [0.5, 0.6) is 0 Å². The largest absolute Gasteiger partial charge is 0.393 e. The molecule has 0 aliphatic carbocycles. The number of rotatable bonds is 0. The summed E-state index contributed by atoms with van der Waals surface area (Å²) >= 11 is 0. The fraction of sp³-hybridized carbons (Fsp3) is 1.00. The average Bonchev–Trinajstić information content (AvgIpc) is 2.42. The van der Waals surface area contributed by atoms with Gasteiger partial charge in [-0.3, -0.25) is 4.90 Å². The van der Waals surface area contributed by atoms with Gasteiger partial charge in [0, 0.05) is 18.1 Å². The van der Waals surface area contributed by atoms with E-state index in [1.54, 1.807) is 0 Å². The maximum atomic E-state index is 12.9. The molecule has 0 bridgehead atoms. The lowest BCUT2D eigenvalue weighted by molar-refractivity contribution is -0.171. The molecule has 0 saturated carbocycles. The summed E-state index contributed by atoms with van der Waals surface area (Å²) in [5, 5.41) is 0. The highest BCUT2D eigenvalue weighted by atomic mass is 19.4. The molecule has 1 nitrogen and oxygen atoms in total. The van der Waals surface area contributed by atoms with Crippen LogP contribution >= 0.6 is 0 Å². The minimum atomic E-state index is -4.07. The van der Waals surface area contributed by atoms with Crippen molar-refractivity contribution in [3.63, 3.8) is 0 Å². The molecule has 4 heteroatoms. The Hall–Kier alpha value is -0.250. The first-order valence-corrected chi connectivity index (χ1v) is 6.17. The van der Waals surface area contributed by atoms with Gasteiger partial charge in [0.25, 0.3) is 0 Å². The van der Waals surface area contributed by atoms with Crippen LogP contribution in [-0.4, -0.2) is 29.2 Å². The molecule has 1 heterocycles. The minimum absolute atomic E-state index is 0.00544. The zero-order valence-corrected chi connectivity index (χ0v) is 11.7. The molecule has 0 aromatic carbocycles. The zero-order valence-electron chi connectivity index (χ0n) is 11.7. The van der Waals surface area contributed by atoms with E-state index in [4.69, 9.17) is 0 Å². The van der Waals surface area contributed by atoms with E-state index >= 15 is 0 Å². The van der Waals surface area contributed by atoms with E-state index in [-0.39, 0.29) is 30.0 Å². The normalized spacial score (nSPS) is 28.8. The Kier molecular flexibility index (Phi) is 3.61. The second kappa shape index (κ2) is 4.15. The summed E-state index contributed by atoms with van der Waals surface area (Å²) in [6, 6.07) is -0.00544. The molecule has 102 valence electrons. The summed E-state index contributed by atoms with van der Waals surface area (Å²) in [6.45, 7) is 12.2. The first-order chi connectivity index (χ1) is 7.33. The highest BCUT2D eigenvalue weighted by Crippen LogP contribution is 2.44. The predicted octanol–water partition coefficient (Wildman–Crippen LogP) is 4.08. The summed E-state index contributed by atoms with van der Waals surface area (Å²) in [5.74, 6) is -1.18. The van der Waals surface area contributed by atoms with Crippen molar-refractivity contribution >= 4 is 0 Å². The monoisotopic (exact) mass is 251 g/mol. The molecule has 1 fully saturated rings. The lowest BCUT2D eigenvalue weighted by atomic mass is 9.82. The van der Waals surface area contributed by atoms with Crippen LogP contribution in [0.4, 0.5) is 13.2 Å². The zero-order chi connectivity index (χ0) is 13.6. The Bertz CT molecular complexity index is 248. The molecule has 1 aliphatic heterocycles. The molecular weight excluding hydrogens is 227 g/mol. The Morgan fingerprint density at radius 2 is 1.41 bits per heavy atom. The quantitative estimate of drug-likeness (QED) is 0.627. The van der Waals surface area contributed by atoms with Gasteiger partial charge in [0.05, 0.1) is 5.92 Å². The molecule has 0 aromatic heterocycles. The van der Waals surface area contributed by atoms with E-state index < -0.39 is 12.1 Å². The van der Waals surface area contributed by atoms with Gasteiger partial charge in [-0.1, -0.05) is 20.8 Å². The van der Waals surface area contributed by atoms with Gasteiger partial charge in [-0.05, 0) is 32.6 Å². The maximum Gasteiger partial charge on any atom is 0.393 e. The van der Waals surface area contributed by atoms with Crippen LogP contribution in [0.1, 0.15) is 48.0 Å². The Labute approximate surface area is 102 Å². The van der Waals surface area contributed by atoms with Crippen molar-refractivity contribution < 1.29 is 13.2 Å². The number of likely N-dealkylation sites (tertiary alicyclic amines) is 1. The third kappa shape index (κ3) is 3.36.